The van der Waals surface area contributed by atoms with Crippen LogP contribution in [-0.2, 0) is 4.74 Å². The number of hydrogen-bond acceptors (Lipinski definition) is 8. The van der Waals surface area contributed by atoms with E-state index in [4.69, 9.17) is 9.47 Å². The standard InChI is InChI=1S/C20H22N4O3S/c1-5-27-20(25)16-10-21-18(14-6-8-15(26-4)9-7-14)24-19(16)22-12(2)17-11-28-13(3)23-17/h6-12H,5H2,1-4H3,(H,21,22,24). The van der Waals surface area contributed by atoms with E-state index in [1.807, 2.05) is 43.5 Å². The Hall–Kier alpha value is -3.00. The fraction of sp³-hybridized carbons (Fsp3) is 0.300. The normalized spacial score (nSPS) is 11.7. The van der Waals surface area contributed by atoms with Gasteiger partial charge >= 0.3 is 5.97 Å². The molecule has 3 rings (SSSR count). The molecule has 2 heterocycles. The quantitative estimate of drug-likeness (QED) is 0.595. The fourth-order valence-electron chi connectivity index (χ4n) is 2.59. The van der Waals surface area contributed by atoms with Gasteiger partial charge in [-0.1, -0.05) is 0 Å². The van der Waals surface area contributed by atoms with Crippen LogP contribution in [-0.4, -0.2) is 34.6 Å². The zero-order chi connectivity index (χ0) is 20.1. The summed E-state index contributed by atoms with van der Waals surface area (Å²) in [5.41, 5.74) is 2.00. The number of aromatic nitrogens is 3. The van der Waals surface area contributed by atoms with E-state index in [9.17, 15) is 4.79 Å². The monoisotopic (exact) mass is 398 g/mol. The van der Waals surface area contributed by atoms with Gasteiger partial charge in [-0.15, -0.1) is 11.3 Å². The smallest absolute Gasteiger partial charge is 0.343 e. The molecule has 2 aromatic heterocycles. The Kier molecular flexibility index (Phi) is 6.20. The summed E-state index contributed by atoms with van der Waals surface area (Å²) in [6, 6.07) is 7.29. The molecule has 0 amide bonds. The first-order chi connectivity index (χ1) is 13.5. The van der Waals surface area contributed by atoms with Crippen molar-refractivity contribution >= 4 is 23.1 Å². The number of ether oxygens (including phenoxy) is 2. The van der Waals surface area contributed by atoms with Gasteiger partial charge in [0, 0.05) is 17.1 Å². The van der Waals surface area contributed by atoms with Gasteiger partial charge in [-0.2, -0.15) is 0 Å². The van der Waals surface area contributed by atoms with Crippen molar-refractivity contribution in [1.82, 2.24) is 15.0 Å². The zero-order valence-electron chi connectivity index (χ0n) is 16.2. The Bertz CT molecular complexity index is 956. The zero-order valence-corrected chi connectivity index (χ0v) is 17.0. The van der Waals surface area contributed by atoms with Crippen LogP contribution in [0.1, 0.15) is 40.9 Å². The summed E-state index contributed by atoms with van der Waals surface area (Å²) in [7, 11) is 1.61. The van der Waals surface area contributed by atoms with Crippen LogP contribution in [0.3, 0.4) is 0 Å². The number of anilines is 1. The molecule has 0 aliphatic rings. The minimum Gasteiger partial charge on any atom is -0.497 e. The second kappa shape index (κ2) is 8.79. The lowest BCUT2D eigenvalue weighted by molar-refractivity contribution is 0.0526. The maximum atomic E-state index is 12.3. The minimum absolute atomic E-state index is 0.128. The van der Waals surface area contributed by atoms with E-state index in [1.54, 1.807) is 25.4 Å². The van der Waals surface area contributed by atoms with Gasteiger partial charge in [0.1, 0.15) is 17.1 Å². The average molecular weight is 398 g/mol. The number of nitrogens with zero attached hydrogens (tertiary/aromatic N) is 3. The Balaban J connectivity index is 1.96. The number of benzene rings is 1. The molecule has 0 aliphatic carbocycles. The number of hydrogen-bond donors (Lipinski definition) is 1. The molecule has 0 bridgehead atoms. The lowest BCUT2D eigenvalue weighted by Gasteiger charge is -2.16. The van der Waals surface area contributed by atoms with Crippen LogP contribution in [0.5, 0.6) is 5.75 Å². The highest BCUT2D eigenvalue weighted by Gasteiger charge is 2.19. The molecule has 7 nitrogen and oxygen atoms in total. The van der Waals surface area contributed by atoms with Crippen molar-refractivity contribution < 1.29 is 14.3 Å². The molecular weight excluding hydrogens is 376 g/mol. The number of esters is 1. The summed E-state index contributed by atoms with van der Waals surface area (Å²) < 4.78 is 10.3. The van der Waals surface area contributed by atoms with Crippen LogP contribution >= 0.6 is 11.3 Å². The topological polar surface area (TPSA) is 86.2 Å². The van der Waals surface area contributed by atoms with Gasteiger partial charge < -0.3 is 14.8 Å². The molecule has 1 unspecified atom stereocenters. The average Bonchev–Trinajstić information content (AvgIpc) is 3.14. The lowest BCUT2D eigenvalue weighted by Crippen LogP contribution is -2.15. The predicted octanol–water partition coefficient (Wildman–Crippen LogP) is 4.27. The Labute approximate surface area is 167 Å². The number of rotatable bonds is 7. The summed E-state index contributed by atoms with van der Waals surface area (Å²) in [5, 5.41) is 6.25. The van der Waals surface area contributed by atoms with Gasteiger partial charge in [0.2, 0.25) is 0 Å². The van der Waals surface area contributed by atoms with Gasteiger partial charge in [-0.25, -0.2) is 19.7 Å². The third kappa shape index (κ3) is 4.45. The van der Waals surface area contributed by atoms with E-state index in [2.05, 4.69) is 20.3 Å². The van der Waals surface area contributed by atoms with Crippen molar-refractivity contribution in [2.24, 2.45) is 0 Å². The second-order valence-electron chi connectivity index (χ2n) is 6.06. The maximum Gasteiger partial charge on any atom is 0.343 e. The van der Waals surface area contributed by atoms with Gasteiger partial charge in [0.05, 0.1) is 30.5 Å². The number of thiazole rings is 1. The van der Waals surface area contributed by atoms with Crippen LogP contribution in [0.4, 0.5) is 5.82 Å². The van der Waals surface area contributed by atoms with Crippen molar-refractivity contribution in [2.45, 2.75) is 26.8 Å². The van der Waals surface area contributed by atoms with Crippen LogP contribution in [0.2, 0.25) is 0 Å². The van der Waals surface area contributed by atoms with E-state index in [0.717, 1.165) is 22.0 Å². The number of carbonyl (C=O) groups excluding carboxylic acids is 1. The van der Waals surface area contributed by atoms with Crippen molar-refractivity contribution in [3.8, 4) is 17.1 Å². The first-order valence-corrected chi connectivity index (χ1v) is 9.77. The van der Waals surface area contributed by atoms with Crippen LogP contribution in [0.15, 0.2) is 35.8 Å². The van der Waals surface area contributed by atoms with Crippen molar-refractivity contribution in [3.05, 3.63) is 52.1 Å². The van der Waals surface area contributed by atoms with Crippen molar-refractivity contribution in [2.75, 3.05) is 19.0 Å². The van der Waals surface area contributed by atoms with E-state index in [1.165, 1.54) is 6.20 Å². The largest absolute Gasteiger partial charge is 0.497 e. The number of carbonyl (C=O) groups is 1. The van der Waals surface area contributed by atoms with Gasteiger partial charge in [0.25, 0.3) is 0 Å². The molecular formula is C20H22N4O3S. The van der Waals surface area contributed by atoms with E-state index < -0.39 is 5.97 Å². The third-order valence-corrected chi connectivity index (χ3v) is 4.86. The molecule has 0 saturated heterocycles. The molecule has 146 valence electrons. The van der Waals surface area contributed by atoms with Gasteiger partial charge in [0.15, 0.2) is 5.82 Å². The van der Waals surface area contributed by atoms with Crippen LogP contribution in [0.25, 0.3) is 11.4 Å². The molecule has 28 heavy (non-hydrogen) atoms. The first-order valence-electron chi connectivity index (χ1n) is 8.89. The van der Waals surface area contributed by atoms with Gasteiger partial charge in [-0.05, 0) is 45.0 Å². The molecule has 0 fully saturated rings. The summed E-state index contributed by atoms with van der Waals surface area (Å²) in [4.78, 5) is 25.8. The van der Waals surface area contributed by atoms with E-state index >= 15 is 0 Å². The SMILES string of the molecule is CCOC(=O)c1cnc(-c2ccc(OC)cc2)nc1NC(C)c1csc(C)n1. The van der Waals surface area contributed by atoms with E-state index in [-0.39, 0.29) is 18.2 Å². The Morgan fingerprint density at radius 3 is 2.61 bits per heavy atom. The third-order valence-electron chi connectivity index (χ3n) is 4.07. The fourth-order valence-corrected chi connectivity index (χ4v) is 3.29. The predicted molar refractivity (Wildman–Crippen MR) is 109 cm³/mol. The number of methoxy groups -OCH3 is 1. The lowest BCUT2D eigenvalue weighted by atomic mass is 10.2. The highest BCUT2D eigenvalue weighted by atomic mass is 32.1. The number of aryl methyl sites for hydroxylation is 1. The summed E-state index contributed by atoms with van der Waals surface area (Å²) in [6.07, 6.45) is 1.49. The summed E-state index contributed by atoms with van der Waals surface area (Å²) in [5.74, 6) is 1.20. The highest BCUT2D eigenvalue weighted by molar-refractivity contribution is 7.09. The molecule has 0 saturated carbocycles. The molecule has 0 aliphatic heterocycles. The summed E-state index contributed by atoms with van der Waals surface area (Å²) in [6.45, 7) is 5.97. The molecule has 8 heteroatoms. The maximum absolute atomic E-state index is 12.3. The molecule has 1 atom stereocenters. The molecule has 0 spiro atoms. The first kappa shape index (κ1) is 19.8. The molecule has 0 radical (unpaired) electrons. The Morgan fingerprint density at radius 2 is 2.00 bits per heavy atom. The van der Waals surface area contributed by atoms with E-state index in [0.29, 0.717) is 11.6 Å². The Morgan fingerprint density at radius 1 is 1.25 bits per heavy atom. The molecule has 3 aromatic rings. The van der Waals surface area contributed by atoms with Gasteiger partial charge in [-0.3, -0.25) is 0 Å². The molecule has 1 N–H and O–H groups in total. The molecule has 1 aromatic carbocycles. The highest BCUT2D eigenvalue weighted by Crippen LogP contribution is 2.26. The van der Waals surface area contributed by atoms with Crippen molar-refractivity contribution in [3.63, 3.8) is 0 Å². The minimum atomic E-state index is -0.465. The van der Waals surface area contributed by atoms with Crippen LogP contribution < -0.4 is 10.1 Å². The van der Waals surface area contributed by atoms with Crippen molar-refractivity contribution in [1.29, 1.82) is 0 Å². The number of nitrogens with one attached hydrogen (secondary N) is 1. The van der Waals surface area contributed by atoms with Crippen LogP contribution in [0, 0.1) is 6.92 Å². The second-order valence-corrected chi connectivity index (χ2v) is 7.12. The summed E-state index contributed by atoms with van der Waals surface area (Å²) >= 11 is 1.58.